The Kier molecular flexibility index (Phi) is 5.23. The SMILES string of the molecule is CCC(=O)Nc1cc(N/N=C(\C#N)C(=N)N)ccc1C. The van der Waals surface area contributed by atoms with E-state index in [-0.39, 0.29) is 11.6 Å². The van der Waals surface area contributed by atoms with E-state index in [1.807, 2.05) is 13.0 Å². The monoisotopic (exact) mass is 272 g/mol. The van der Waals surface area contributed by atoms with Crippen LogP contribution < -0.4 is 16.5 Å². The summed E-state index contributed by atoms with van der Waals surface area (Å²) in [5.41, 5.74) is 9.76. The van der Waals surface area contributed by atoms with Crippen molar-refractivity contribution in [3.8, 4) is 6.07 Å². The van der Waals surface area contributed by atoms with E-state index in [1.165, 1.54) is 0 Å². The second kappa shape index (κ2) is 6.89. The molecule has 0 aliphatic carbocycles. The number of nitrogens with one attached hydrogen (secondary N) is 3. The molecule has 7 nitrogen and oxygen atoms in total. The van der Waals surface area contributed by atoms with Crippen molar-refractivity contribution in [1.82, 2.24) is 0 Å². The van der Waals surface area contributed by atoms with E-state index in [0.29, 0.717) is 17.8 Å². The molecule has 20 heavy (non-hydrogen) atoms. The van der Waals surface area contributed by atoms with Gasteiger partial charge in [-0.1, -0.05) is 13.0 Å². The molecule has 5 N–H and O–H groups in total. The van der Waals surface area contributed by atoms with E-state index in [2.05, 4.69) is 15.8 Å². The van der Waals surface area contributed by atoms with Crippen LogP contribution in [-0.4, -0.2) is 17.5 Å². The molecule has 1 aromatic rings. The highest BCUT2D eigenvalue weighted by atomic mass is 16.1. The Morgan fingerprint density at radius 3 is 2.80 bits per heavy atom. The first-order valence-corrected chi connectivity index (χ1v) is 5.96. The van der Waals surface area contributed by atoms with Crippen molar-refractivity contribution < 1.29 is 4.79 Å². The largest absolute Gasteiger partial charge is 0.382 e. The Hall–Kier alpha value is -2.88. The third-order valence-electron chi connectivity index (χ3n) is 2.49. The number of benzene rings is 1. The van der Waals surface area contributed by atoms with Crippen molar-refractivity contribution in [3.05, 3.63) is 23.8 Å². The Balaban J connectivity index is 2.93. The number of hydrogen-bond donors (Lipinski definition) is 4. The summed E-state index contributed by atoms with van der Waals surface area (Å²) in [7, 11) is 0. The summed E-state index contributed by atoms with van der Waals surface area (Å²) in [4.78, 5) is 11.4. The highest BCUT2D eigenvalue weighted by Crippen LogP contribution is 2.20. The van der Waals surface area contributed by atoms with Crippen molar-refractivity contribution in [2.45, 2.75) is 20.3 Å². The molecule has 0 atom stereocenters. The van der Waals surface area contributed by atoms with Crippen LogP contribution in [0, 0.1) is 23.7 Å². The minimum absolute atomic E-state index is 0.0878. The summed E-state index contributed by atoms with van der Waals surface area (Å²) in [5.74, 6) is -0.498. The topological polar surface area (TPSA) is 127 Å². The van der Waals surface area contributed by atoms with Gasteiger partial charge in [-0.3, -0.25) is 15.6 Å². The fourth-order valence-electron chi connectivity index (χ4n) is 1.33. The molecule has 1 aromatic carbocycles. The number of hydrazone groups is 1. The molecule has 0 heterocycles. The molecule has 0 bridgehead atoms. The van der Waals surface area contributed by atoms with Gasteiger partial charge in [0.2, 0.25) is 11.6 Å². The molecule has 1 amide bonds. The number of rotatable bonds is 5. The lowest BCUT2D eigenvalue weighted by Gasteiger charge is -2.09. The van der Waals surface area contributed by atoms with Gasteiger partial charge in [-0.2, -0.15) is 10.4 Å². The van der Waals surface area contributed by atoms with Gasteiger partial charge in [0, 0.05) is 12.1 Å². The molecule has 0 saturated heterocycles. The number of aryl methyl sites for hydroxylation is 1. The number of nitriles is 1. The molecule has 1 rings (SSSR count). The maximum absolute atomic E-state index is 11.4. The van der Waals surface area contributed by atoms with Gasteiger partial charge in [-0.25, -0.2) is 0 Å². The molecule has 0 aromatic heterocycles. The number of carbonyl (C=O) groups excluding carboxylic acids is 1. The predicted molar refractivity (Wildman–Crippen MR) is 78.7 cm³/mol. The van der Waals surface area contributed by atoms with Crippen LogP contribution in [0.4, 0.5) is 11.4 Å². The first kappa shape index (κ1) is 15.2. The third-order valence-corrected chi connectivity index (χ3v) is 2.49. The zero-order valence-electron chi connectivity index (χ0n) is 11.3. The van der Waals surface area contributed by atoms with E-state index >= 15 is 0 Å². The Bertz CT molecular complexity index is 599. The second-order valence-corrected chi connectivity index (χ2v) is 4.03. The van der Waals surface area contributed by atoms with Crippen LogP contribution in [0.1, 0.15) is 18.9 Å². The summed E-state index contributed by atoms with van der Waals surface area (Å²) in [6, 6.07) is 6.96. The number of hydrogen-bond acceptors (Lipinski definition) is 5. The van der Waals surface area contributed by atoms with E-state index in [9.17, 15) is 4.79 Å². The summed E-state index contributed by atoms with van der Waals surface area (Å²) in [6.07, 6.45) is 0.387. The molecule has 7 heteroatoms. The van der Waals surface area contributed by atoms with Crippen LogP contribution in [0.15, 0.2) is 23.3 Å². The van der Waals surface area contributed by atoms with E-state index in [4.69, 9.17) is 16.4 Å². The predicted octanol–water partition coefficient (Wildman–Crippen LogP) is 1.57. The molecule has 0 spiro atoms. The van der Waals surface area contributed by atoms with Crippen LogP contribution in [0.5, 0.6) is 0 Å². The lowest BCUT2D eigenvalue weighted by molar-refractivity contribution is -0.115. The number of nitrogens with two attached hydrogens (primary N) is 1. The molecule has 0 aliphatic rings. The Morgan fingerprint density at radius 1 is 1.55 bits per heavy atom. The molecule has 104 valence electrons. The standard InChI is InChI=1S/C13H16N6O/c1-3-12(20)17-10-6-9(5-4-8(10)2)18-19-11(7-14)13(15)16/h4-6,18H,3H2,1-2H3,(H3,15,16)(H,17,20)/b19-11+. The lowest BCUT2D eigenvalue weighted by Crippen LogP contribution is -2.21. The summed E-state index contributed by atoms with van der Waals surface area (Å²) in [5, 5.41) is 22.4. The normalized spacial score (nSPS) is 10.6. The quantitative estimate of drug-likeness (QED) is 0.368. The van der Waals surface area contributed by atoms with E-state index in [0.717, 1.165) is 5.56 Å². The molecule has 0 saturated carbocycles. The van der Waals surface area contributed by atoms with Crippen LogP contribution >= 0.6 is 0 Å². The molecular formula is C13H16N6O. The van der Waals surface area contributed by atoms with Crippen molar-refractivity contribution in [3.63, 3.8) is 0 Å². The molecule has 0 unspecified atom stereocenters. The van der Waals surface area contributed by atoms with Crippen molar-refractivity contribution in [2.75, 3.05) is 10.7 Å². The van der Waals surface area contributed by atoms with Gasteiger partial charge in [0.15, 0.2) is 5.84 Å². The van der Waals surface area contributed by atoms with Gasteiger partial charge < -0.3 is 11.1 Å². The molecule has 0 aliphatic heterocycles. The van der Waals surface area contributed by atoms with Gasteiger partial charge in [0.25, 0.3) is 0 Å². The van der Waals surface area contributed by atoms with Crippen LogP contribution in [0.2, 0.25) is 0 Å². The Morgan fingerprint density at radius 2 is 2.25 bits per heavy atom. The van der Waals surface area contributed by atoms with Gasteiger partial charge in [0.05, 0.1) is 5.69 Å². The van der Waals surface area contributed by atoms with Crippen LogP contribution in [-0.2, 0) is 4.79 Å². The highest BCUT2D eigenvalue weighted by Gasteiger charge is 2.05. The molecular weight excluding hydrogens is 256 g/mol. The Labute approximate surface area is 117 Å². The van der Waals surface area contributed by atoms with Gasteiger partial charge >= 0.3 is 0 Å². The fraction of sp³-hybridized carbons (Fsp3) is 0.231. The smallest absolute Gasteiger partial charge is 0.224 e. The number of anilines is 2. The van der Waals surface area contributed by atoms with E-state index in [1.54, 1.807) is 25.1 Å². The van der Waals surface area contributed by atoms with Gasteiger partial charge in [0.1, 0.15) is 6.07 Å². The van der Waals surface area contributed by atoms with Crippen molar-refractivity contribution in [1.29, 1.82) is 10.7 Å². The fourth-order valence-corrected chi connectivity index (χ4v) is 1.33. The molecule has 0 radical (unpaired) electrons. The van der Waals surface area contributed by atoms with Gasteiger partial charge in [-0.05, 0) is 24.6 Å². The van der Waals surface area contributed by atoms with Crippen molar-refractivity contribution >= 4 is 28.8 Å². The van der Waals surface area contributed by atoms with E-state index < -0.39 is 5.84 Å². The number of amidine groups is 1. The number of carbonyl (C=O) groups is 1. The number of amides is 1. The van der Waals surface area contributed by atoms with Crippen molar-refractivity contribution in [2.24, 2.45) is 10.8 Å². The minimum atomic E-state index is -0.411. The first-order chi connectivity index (χ1) is 9.47. The second-order valence-electron chi connectivity index (χ2n) is 4.03. The minimum Gasteiger partial charge on any atom is -0.382 e. The van der Waals surface area contributed by atoms with Crippen LogP contribution in [0.25, 0.3) is 0 Å². The lowest BCUT2D eigenvalue weighted by atomic mass is 10.2. The van der Waals surface area contributed by atoms with Crippen LogP contribution in [0.3, 0.4) is 0 Å². The average Bonchev–Trinajstić information content (AvgIpc) is 2.42. The number of nitrogens with zero attached hydrogens (tertiary/aromatic N) is 2. The first-order valence-electron chi connectivity index (χ1n) is 5.96. The zero-order chi connectivity index (χ0) is 15.1. The zero-order valence-corrected chi connectivity index (χ0v) is 11.3. The third kappa shape index (κ3) is 4.10. The summed E-state index contributed by atoms with van der Waals surface area (Å²) < 4.78 is 0. The maximum Gasteiger partial charge on any atom is 0.224 e. The highest BCUT2D eigenvalue weighted by molar-refractivity contribution is 6.45. The average molecular weight is 272 g/mol. The molecule has 0 fully saturated rings. The summed E-state index contributed by atoms with van der Waals surface area (Å²) in [6.45, 7) is 3.64. The van der Waals surface area contributed by atoms with Gasteiger partial charge in [-0.15, -0.1) is 0 Å². The maximum atomic E-state index is 11.4. The summed E-state index contributed by atoms with van der Waals surface area (Å²) >= 11 is 0.